The molecule has 0 saturated carbocycles. The minimum Gasteiger partial charge on any atom is -0.495 e. The van der Waals surface area contributed by atoms with Gasteiger partial charge in [0.2, 0.25) is 4.80 Å². The molecule has 0 amide bonds. The molecule has 0 aliphatic carbocycles. The fraction of sp³-hybridized carbons (Fsp3) is 0.267. The van der Waals surface area contributed by atoms with Crippen LogP contribution in [-0.4, -0.2) is 27.2 Å². The van der Waals surface area contributed by atoms with Crippen LogP contribution in [0, 0.1) is 0 Å². The molecule has 134 valence electrons. The van der Waals surface area contributed by atoms with Gasteiger partial charge in [-0.3, -0.25) is 0 Å². The normalized spacial score (nSPS) is 12.7. The molecule has 0 aliphatic rings. The first-order valence-electron chi connectivity index (χ1n) is 7.22. The van der Waals surface area contributed by atoms with Crippen LogP contribution in [0.3, 0.4) is 0 Å². The summed E-state index contributed by atoms with van der Waals surface area (Å²) in [4.78, 5) is 0.352. The van der Waals surface area contributed by atoms with Gasteiger partial charge in [0.15, 0.2) is 0 Å². The predicted octanol–water partition coefficient (Wildman–Crippen LogP) is 3.74. The summed E-state index contributed by atoms with van der Waals surface area (Å²) < 4.78 is 43.1. The van der Waals surface area contributed by atoms with E-state index in [2.05, 4.69) is 4.40 Å². The van der Waals surface area contributed by atoms with Crippen molar-refractivity contribution in [3.63, 3.8) is 0 Å². The van der Waals surface area contributed by atoms with Crippen LogP contribution in [-0.2, 0) is 16.6 Å². The summed E-state index contributed by atoms with van der Waals surface area (Å²) >= 11 is 8.07. The first-order chi connectivity index (χ1) is 11.9. The zero-order valence-electron chi connectivity index (χ0n) is 13.6. The van der Waals surface area contributed by atoms with Crippen molar-refractivity contribution in [1.82, 2.24) is 4.57 Å². The molecule has 2 heterocycles. The van der Waals surface area contributed by atoms with E-state index in [-0.39, 0.29) is 4.21 Å². The van der Waals surface area contributed by atoms with E-state index in [1.165, 1.54) is 17.4 Å². The minimum absolute atomic E-state index is 0.108. The average Bonchev–Trinajstić information content (AvgIpc) is 3.17. The number of halogens is 1. The molecular weight excluding hydrogens is 404 g/mol. The highest BCUT2D eigenvalue weighted by atomic mass is 35.5. The molecule has 0 fully saturated rings. The molecule has 3 aromatic rings. The topological polar surface area (TPSA) is 69.9 Å². The number of hydrogen-bond donors (Lipinski definition) is 0. The highest BCUT2D eigenvalue weighted by Crippen LogP contribution is 2.35. The molecule has 0 saturated heterocycles. The Morgan fingerprint density at radius 1 is 1.12 bits per heavy atom. The van der Waals surface area contributed by atoms with E-state index in [9.17, 15) is 8.42 Å². The van der Waals surface area contributed by atoms with E-state index in [4.69, 9.17) is 21.1 Å². The number of rotatable bonds is 5. The summed E-state index contributed by atoms with van der Waals surface area (Å²) in [6, 6.07) is 6.57. The number of thiophene rings is 1. The third kappa shape index (κ3) is 3.29. The molecule has 0 spiro atoms. The maximum atomic E-state index is 12.6. The molecule has 2 aromatic heterocycles. The van der Waals surface area contributed by atoms with E-state index in [0.717, 1.165) is 21.6 Å². The van der Waals surface area contributed by atoms with E-state index in [0.29, 0.717) is 27.2 Å². The molecule has 0 atom stereocenters. The van der Waals surface area contributed by atoms with Crippen LogP contribution in [0.4, 0.5) is 0 Å². The minimum atomic E-state index is -3.84. The molecule has 0 radical (unpaired) electrons. The van der Waals surface area contributed by atoms with Gasteiger partial charge in [-0.2, -0.15) is 8.42 Å². The number of sulfonamides is 1. The van der Waals surface area contributed by atoms with Gasteiger partial charge in [0.25, 0.3) is 10.0 Å². The van der Waals surface area contributed by atoms with Gasteiger partial charge in [-0.15, -0.1) is 15.7 Å². The lowest BCUT2D eigenvalue weighted by atomic mass is 10.3. The Morgan fingerprint density at radius 2 is 1.80 bits per heavy atom. The number of thiazole rings is 1. The van der Waals surface area contributed by atoms with Crippen LogP contribution in [0.5, 0.6) is 11.5 Å². The van der Waals surface area contributed by atoms with Crippen molar-refractivity contribution in [3.8, 4) is 11.5 Å². The molecule has 10 heteroatoms. The lowest BCUT2D eigenvalue weighted by molar-refractivity contribution is 0.409. The summed E-state index contributed by atoms with van der Waals surface area (Å²) in [5.74, 6) is 1.27. The zero-order chi connectivity index (χ0) is 18.2. The second-order valence-corrected chi connectivity index (χ2v) is 9.43. The van der Waals surface area contributed by atoms with E-state index in [1.54, 1.807) is 37.0 Å². The van der Waals surface area contributed by atoms with Crippen LogP contribution >= 0.6 is 34.3 Å². The molecule has 1 aromatic carbocycles. The van der Waals surface area contributed by atoms with Crippen molar-refractivity contribution in [2.24, 2.45) is 4.40 Å². The van der Waals surface area contributed by atoms with E-state index < -0.39 is 10.0 Å². The Hall–Kier alpha value is -1.55. The van der Waals surface area contributed by atoms with Crippen molar-refractivity contribution in [2.75, 3.05) is 14.2 Å². The maximum Gasteiger partial charge on any atom is 0.294 e. The Balaban J connectivity index is 2.33. The van der Waals surface area contributed by atoms with Crippen LogP contribution in [0.1, 0.15) is 6.92 Å². The van der Waals surface area contributed by atoms with Gasteiger partial charge in [-0.1, -0.05) is 22.9 Å². The van der Waals surface area contributed by atoms with Gasteiger partial charge in [-0.25, -0.2) is 0 Å². The molecular formula is C15H15ClN2O4S3. The van der Waals surface area contributed by atoms with Crippen molar-refractivity contribution in [1.29, 1.82) is 0 Å². The molecule has 6 nitrogen and oxygen atoms in total. The third-order valence-corrected chi connectivity index (χ3v) is 7.68. The summed E-state index contributed by atoms with van der Waals surface area (Å²) in [7, 11) is -0.707. The highest BCUT2D eigenvalue weighted by Gasteiger charge is 2.19. The van der Waals surface area contributed by atoms with Crippen LogP contribution in [0.25, 0.3) is 10.2 Å². The Kier molecular flexibility index (Phi) is 5.10. The van der Waals surface area contributed by atoms with Crippen molar-refractivity contribution < 1.29 is 17.9 Å². The van der Waals surface area contributed by atoms with Gasteiger partial charge < -0.3 is 14.0 Å². The van der Waals surface area contributed by atoms with E-state index in [1.807, 2.05) is 6.92 Å². The van der Waals surface area contributed by atoms with Crippen molar-refractivity contribution in [3.05, 3.63) is 33.4 Å². The highest BCUT2D eigenvalue weighted by molar-refractivity contribution is 7.92. The Bertz CT molecular complexity index is 1100. The van der Waals surface area contributed by atoms with Crippen molar-refractivity contribution in [2.45, 2.75) is 17.7 Å². The van der Waals surface area contributed by atoms with Gasteiger partial charge in [0.1, 0.15) is 25.9 Å². The zero-order valence-corrected chi connectivity index (χ0v) is 16.9. The second-order valence-electron chi connectivity index (χ2n) is 4.90. The van der Waals surface area contributed by atoms with Crippen LogP contribution < -0.4 is 14.3 Å². The summed E-state index contributed by atoms with van der Waals surface area (Å²) in [5, 5.41) is 0. The first-order valence-corrected chi connectivity index (χ1v) is 10.7. The number of methoxy groups -OCH3 is 2. The smallest absolute Gasteiger partial charge is 0.294 e. The lowest BCUT2D eigenvalue weighted by Crippen LogP contribution is -2.16. The van der Waals surface area contributed by atoms with Gasteiger partial charge in [0, 0.05) is 6.54 Å². The number of ether oxygens (including phenoxy) is 2. The van der Waals surface area contributed by atoms with Gasteiger partial charge in [0.05, 0.1) is 18.6 Å². The van der Waals surface area contributed by atoms with Gasteiger partial charge >= 0.3 is 0 Å². The standard InChI is InChI=1S/C15H15ClN2O4S3/c1-4-18-13-9(21-2)5-6-10(22-3)14(13)24-15(18)17-25(19,20)12-8-7-11(16)23-12/h5-8H,4H2,1-3H3/b17-15-. The molecule has 3 rings (SSSR count). The summed E-state index contributed by atoms with van der Waals surface area (Å²) in [5.41, 5.74) is 0.757. The quantitative estimate of drug-likeness (QED) is 0.632. The fourth-order valence-electron chi connectivity index (χ4n) is 2.40. The number of aromatic nitrogens is 1. The number of aryl methyl sites for hydroxylation is 1. The van der Waals surface area contributed by atoms with Crippen LogP contribution in [0.15, 0.2) is 32.9 Å². The largest absolute Gasteiger partial charge is 0.495 e. The SMILES string of the molecule is CCn1/c(=N/S(=O)(=O)c2ccc(Cl)s2)sc2c(OC)ccc(OC)c21. The molecule has 25 heavy (non-hydrogen) atoms. The lowest BCUT2D eigenvalue weighted by Gasteiger charge is -2.08. The molecule has 0 bridgehead atoms. The van der Waals surface area contributed by atoms with E-state index >= 15 is 0 Å². The number of benzene rings is 1. The summed E-state index contributed by atoms with van der Waals surface area (Å²) in [6.07, 6.45) is 0. The Labute approximate surface area is 158 Å². The Morgan fingerprint density at radius 3 is 2.36 bits per heavy atom. The van der Waals surface area contributed by atoms with Gasteiger partial charge in [-0.05, 0) is 31.2 Å². The summed E-state index contributed by atoms with van der Waals surface area (Å²) in [6.45, 7) is 2.45. The molecule has 0 aliphatic heterocycles. The number of nitrogens with zero attached hydrogens (tertiary/aromatic N) is 2. The average molecular weight is 419 g/mol. The molecule has 0 N–H and O–H groups in total. The fourth-order valence-corrected chi connectivity index (χ4v) is 6.27. The first kappa shape index (κ1) is 18.2. The number of fused-ring (bicyclic) bond motifs is 1. The number of hydrogen-bond acceptors (Lipinski definition) is 6. The van der Waals surface area contributed by atoms with Crippen LogP contribution in [0.2, 0.25) is 4.34 Å². The predicted molar refractivity (Wildman–Crippen MR) is 101 cm³/mol. The van der Waals surface area contributed by atoms with Crippen molar-refractivity contribution >= 4 is 54.5 Å². The molecule has 0 unspecified atom stereocenters. The monoisotopic (exact) mass is 418 g/mol. The maximum absolute atomic E-state index is 12.6. The second kappa shape index (κ2) is 6.99. The third-order valence-electron chi connectivity index (χ3n) is 3.51.